The fourth-order valence-electron chi connectivity index (χ4n) is 3.01. The molecule has 5 nitrogen and oxygen atoms in total. The average Bonchev–Trinajstić information content (AvgIpc) is 2.96. The Morgan fingerprint density at radius 3 is 2.31 bits per heavy atom. The number of hydrogen-bond acceptors (Lipinski definition) is 4. The Labute approximate surface area is 148 Å². The Balaban J connectivity index is 2.19. The molecule has 3 rings (SSSR count). The molecule has 1 atom stereocenters. The van der Waals surface area contributed by atoms with E-state index in [4.69, 9.17) is 10.5 Å². The number of hydrogen-bond donors (Lipinski definition) is 2. The van der Waals surface area contributed by atoms with E-state index in [9.17, 15) is 18.4 Å². The minimum Gasteiger partial charge on any atom is -0.420 e. The van der Waals surface area contributed by atoms with Gasteiger partial charge in [0.15, 0.2) is 0 Å². The number of fused-ring (bicyclic) bond motifs is 1. The van der Waals surface area contributed by atoms with E-state index >= 15 is 0 Å². The van der Waals surface area contributed by atoms with Gasteiger partial charge in [-0.2, -0.15) is 18.4 Å². The molecule has 1 aromatic carbocycles. The summed E-state index contributed by atoms with van der Waals surface area (Å²) in [6.07, 6.45) is -4.43. The van der Waals surface area contributed by atoms with E-state index in [0.29, 0.717) is 11.1 Å². The molecule has 26 heavy (non-hydrogen) atoms. The number of halogens is 3. The van der Waals surface area contributed by atoms with Crippen molar-refractivity contribution in [1.82, 2.24) is 10.2 Å². The first-order chi connectivity index (χ1) is 12.0. The standard InChI is InChI=1S/C18H17F3N4O/c1-17(2,3)14-13-12(9-4-6-10(7-5-9)18(19,20)21)11(8-22)15(23)26-16(13)25-24-14/h4-7,12H,23H2,1-3H3,(H,24,25). The Morgan fingerprint density at radius 2 is 1.81 bits per heavy atom. The largest absolute Gasteiger partial charge is 0.420 e. The number of ether oxygens (including phenoxy) is 1. The van der Waals surface area contributed by atoms with Gasteiger partial charge in [0.1, 0.15) is 11.6 Å². The van der Waals surface area contributed by atoms with Crippen LogP contribution in [-0.2, 0) is 11.6 Å². The molecule has 2 aromatic rings. The number of nitrogens with zero attached hydrogens (tertiary/aromatic N) is 2. The highest BCUT2D eigenvalue weighted by atomic mass is 19.4. The number of aromatic nitrogens is 2. The van der Waals surface area contributed by atoms with Crippen molar-refractivity contribution in [3.05, 3.63) is 58.1 Å². The Hall–Kier alpha value is -2.95. The molecule has 0 amide bonds. The Bertz CT molecular complexity index is 912. The predicted molar refractivity (Wildman–Crippen MR) is 88.0 cm³/mol. The van der Waals surface area contributed by atoms with Gasteiger partial charge in [-0.25, -0.2) is 0 Å². The van der Waals surface area contributed by atoms with Gasteiger partial charge in [0.25, 0.3) is 0 Å². The molecular formula is C18H17F3N4O. The number of H-pyrrole nitrogens is 1. The van der Waals surface area contributed by atoms with Gasteiger partial charge in [-0.3, -0.25) is 5.10 Å². The lowest BCUT2D eigenvalue weighted by Crippen LogP contribution is -2.24. The highest BCUT2D eigenvalue weighted by molar-refractivity contribution is 5.56. The van der Waals surface area contributed by atoms with Crippen LogP contribution < -0.4 is 10.5 Å². The molecule has 136 valence electrons. The molecule has 2 heterocycles. The minimum absolute atomic E-state index is 0.100. The lowest BCUT2D eigenvalue weighted by molar-refractivity contribution is -0.137. The van der Waals surface area contributed by atoms with Crippen LogP contribution in [0.1, 0.15) is 49.1 Å². The summed E-state index contributed by atoms with van der Waals surface area (Å²) in [6.45, 7) is 5.87. The molecule has 1 aliphatic rings. The number of nitrogens with one attached hydrogen (secondary N) is 1. The zero-order valence-electron chi connectivity index (χ0n) is 14.4. The Morgan fingerprint density at radius 1 is 1.19 bits per heavy atom. The first-order valence-corrected chi connectivity index (χ1v) is 7.87. The number of alkyl halides is 3. The van der Waals surface area contributed by atoms with E-state index in [1.54, 1.807) is 0 Å². The van der Waals surface area contributed by atoms with E-state index in [-0.39, 0.29) is 22.8 Å². The van der Waals surface area contributed by atoms with Crippen LogP contribution in [0.25, 0.3) is 0 Å². The SMILES string of the molecule is CC(C)(C)c1[nH]nc2c1C(c1ccc(C(F)(F)F)cc1)C(C#N)=C(N)O2. The van der Waals surface area contributed by atoms with Crippen LogP contribution >= 0.6 is 0 Å². The van der Waals surface area contributed by atoms with Crippen molar-refractivity contribution in [2.24, 2.45) is 5.73 Å². The average molecular weight is 362 g/mol. The molecule has 3 N–H and O–H groups in total. The number of rotatable bonds is 1. The third-order valence-electron chi connectivity index (χ3n) is 4.26. The topological polar surface area (TPSA) is 87.7 Å². The second-order valence-electron chi connectivity index (χ2n) is 7.11. The number of allylic oxidation sites excluding steroid dienone is 1. The summed E-state index contributed by atoms with van der Waals surface area (Å²) in [5, 5.41) is 16.6. The van der Waals surface area contributed by atoms with E-state index in [0.717, 1.165) is 17.8 Å². The van der Waals surface area contributed by atoms with Crippen LogP contribution in [0.5, 0.6) is 5.88 Å². The third kappa shape index (κ3) is 2.90. The zero-order valence-corrected chi connectivity index (χ0v) is 14.4. The third-order valence-corrected chi connectivity index (χ3v) is 4.26. The van der Waals surface area contributed by atoms with E-state index in [2.05, 4.69) is 10.2 Å². The van der Waals surface area contributed by atoms with Gasteiger partial charge in [-0.05, 0) is 17.7 Å². The predicted octanol–water partition coefficient (Wildman–Crippen LogP) is 3.94. The fourth-order valence-corrected chi connectivity index (χ4v) is 3.01. The molecule has 1 unspecified atom stereocenters. The highest BCUT2D eigenvalue weighted by Crippen LogP contribution is 2.45. The monoisotopic (exact) mass is 362 g/mol. The normalized spacial score (nSPS) is 17.5. The van der Waals surface area contributed by atoms with Gasteiger partial charge in [-0.15, -0.1) is 5.10 Å². The van der Waals surface area contributed by atoms with Crippen LogP contribution in [0, 0.1) is 11.3 Å². The molecule has 0 bridgehead atoms. The van der Waals surface area contributed by atoms with Crippen molar-refractivity contribution in [2.45, 2.75) is 38.3 Å². The lowest BCUT2D eigenvalue weighted by atomic mass is 9.78. The summed E-state index contributed by atoms with van der Waals surface area (Å²) < 4.78 is 44.0. The number of nitriles is 1. The number of benzene rings is 1. The van der Waals surface area contributed by atoms with Gasteiger partial charge in [0, 0.05) is 11.1 Å². The van der Waals surface area contributed by atoms with E-state index in [1.807, 2.05) is 26.8 Å². The van der Waals surface area contributed by atoms with Gasteiger partial charge >= 0.3 is 6.18 Å². The molecule has 0 saturated carbocycles. The molecule has 0 spiro atoms. The summed E-state index contributed by atoms with van der Waals surface area (Å²) in [5.74, 6) is -0.521. The van der Waals surface area contributed by atoms with Gasteiger partial charge in [0.05, 0.1) is 17.0 Å². The first kappa shape index (κ1) is 17.9. The van der Waals surface area contributed by atoms with Gasteiger partial charge in [0.2, 0.25) is 11.8 Å². The van der Waals surface area contributed by atoms with Crippen LogP contribution in [0.4, 0.5) is 13.2 Å². The van der Waals surface area contributed by atoms with Crippen LogP contribution in [-0.4, -0.2) is 10.2 Å². The van der Waals surface area contributed by atoms with Crippen molar-refractivity contribution >= 4 is 0 Å². The molecule has 0 radical (unpaired) electrons. The molecule has 0 saturated heterocycles. The first-order valence-electron chi connectivity index (χ1n) is 7.87. The maximum Gasteiger partial charge on any atom is 0.416 e. The van der Waals surface area contributed by atoms with E-state index in [1.165, 1.54) is 12.1 Å². The summed E-state index contributed by atoms with van der Waals surface area (Å²) in [7, 11) is 0. The van der Waals surface area contributed by atoms with Crippen LogP contribution in [0.2, 0.25) is 0 Å². The number of nitrogens with two attached hydrogens (primary N) is 1. The van der Waals surface area contributed by atoms with Crippen LogP contribution in [0.3, 0.4) is 0 Å². The van der Waals surface area contributed by atoms with E-state index < -0.39 is 17.7 Å². The molecule has 0 aliphatic carbocycles. The summed E-state index contributed by atoms with van der Waals surface area (Å²) >= 11 is 0. The number of aromatic amines is 1. The summed E-state index contributed by atoms with van der Waals surface area (Å²) in [5.41, 5.74) is 6.75. The maximum atomic E-state index is 12.9. The van der Waals surface area contributed by atoms with Crippen molar-refractivity contribution < 1.29 is 17.9 Å². The molecule has 1 aliphatic heterocycles. The van der Waals surface area contributed by atoms with Gasteiger partial charge in [-0.1, -0.05) is 32.9 Å². The second kappa shape index (κ2) is 5.80. The highest BCUT2D eigenvalue weighted by Gasteiger charge is 2.38. The fraction of sp³-hybridized carbons (Fsp3) is 0.333. The quantitative estimate of drug-likeness (QED) is 0.804. The minimum atomic E-state index is -4.43. The molecule has 8 heteroatoms. The second-order valence-corrected chi connectivity index (χ2v) is 7.11. The molecule has 0 fully saturated rings. The van der Waals surface area contributed by atoms with Crippen molar-refractivity contribution in [1.29, 1.82) is 5.26 Å². The van der Waals surface area contributed by atoms with Gasteiger partial charge < -0.3 is 10.5 Å². The molecular weight excluding hydrogens is 345 g/mol. The zero-order chi connectivity index (χ0) is 19.3. The lowest BCUT2D eigenvalue weighted by Gasteiger charge is -2.27. The van der Waals surface area contributed by atoms with Crippen molar-refractivity contribution in [2.75, 3.05) is 0 Å². The van der Waals surface area contributed by atoms with Crippen LogP contribution in [0.15, 0.2) is 35.7 Å². The van der Waals surface area contributed by atoms with Crippen molar-refractivity contribution in [3.63, 3.8) is 0 Å². The summed E-state index contributed by atoms with van der Waals surface area (Å²) in [6, 6.07) is 6.71. The maximum absolute atomic E-state index is 12.9. The summed E-state index contributed by atoms with van der Waals surface area (Å²) in [4.78, 5) is 0. The Kier molecular flexibility index (Phi) is 3.98. The van der Waals surface area contributed by atoms with Crippen molar-refractivity contribution in [3.8, 4) is 11.9 Å². The molecule has 1 aromatic heterocycles. The smallest absolute Gasteiger partial charge is 0.416 e.